The van der Waals surface area contributed by atoms with E-state index in [0.717, 1.165) is 6.54 Å². The first kappa shape index (κ1) is 17.1. The highest BCUT2D eigenvalue weighted by Gasteiger charge is 2.28. The molecule has 0 fully saturated rings. The number of hydrogen-bond donors (Lipinski definition) is 1. The van der Waals surface area contributed by atoms with Crippen LogP contribution < -0.4 is 0 Å². The van der Waals surface area contributed by atoms with Crippen LogP contribution in [0.2, 0.25) is 0 Å². The normalized spacial score (nSPS) is 14.1. The van der Waals surface area contributed by atoms with Crippen molar-refractivity contribution in [3.8, 4) is 0 Å². The standard InChI is InChI=1S/C11H21NO5S/c1-6-12(4,5)7-10(8-18(14,15)16)17-11(13)9(2)3/h10H,2,6-8H2,1,3-5H3/p+1. The second-order valence-electron chi connectivity index (χ2n) is 4.99. The van der Waals surface area contributed by atoms with Gasteiger partial charge in [0.25, 0.3) is 10.1 Å². The Morgan fingerprint density at radius 2 is 1.94 bits per heavy atom. The van der Waals surface area contributed by atoms with Gasteiger partial charge in [0.15, 0.2) is 6.10 Å². The van der Waals surface area contributed by atoms with Crippen LogP contribution in [0.25, 0.3) is 0 Å². The van der Waals surface area contributed by atoms with Crippen molar-refractivity contribution in [1.29, 1.82) is 0 Å². The quantitative estimate of drug-likeness (QED) is 0.317. The smallest absolute Gasteiger partial charge is 0.333 e. The summed E-state index contributed by atoms with van der Waals surface area (Å²) in [5, 5.41) is 0. The van der Waals surface area contributed by atoms with Gasteiger partial charge in [-0.1, -0.05) is 6.58 Å². The van der Waals surface area contributed by atoms with Gasteiger partial charge in [0.05, 0.1) is 20.6 Å². The van der Waals surface area contributed by atoms with Gasteiger partial charge in [0.2, 0.25) is 0 Å². The molecule has 0 radical (unpaired) electrons. The molecule has 7 heteroatoms. The third-order valence-electron chi connectivity index (χ3n) is 2.57. The van der Waals surface area contributed by atoms with E-state index >= 15 is 0 Å². The molecule has 0 aromatic carbocycles. The molecular weight excluding hydrogens is 258 g/mol. The number of hydrogen-bond acceptors (Lipinski definition) is 4. The number of quaternary nitrogens is 1. The number of nitrogens with zero attached hydrogens (tertiary/aromatic N) is 1. The lowest BCUT2D eigenvalue weighted by molar-refractivity contribution is -0.891. The number of esters is 1. The van der Waals surface area contributed by atoms with Gasteiger partial charge in [0.1, 0.15) is 12.3 Å². The van der Waals surface area contributed by atoms with Crippen molar-refractivity contribution >= 4 is 16.1 Å². The third kappa shape index (κ3) is 7.41. The zero-order valence-corrected chi connectivity index (χ0v) is 12.2. The Bertz CT molecular complexity index is 413. The van der Waals surface area contributed by atoms with Crippen molar-refractivity contribution in [2.24, 2.45) is 0 Å². The van der Waals surface area contributed by atoms with Crippen molar-refractivity contribution in [2.45, 2.75) is 20.0 Å². The number of carbonyl (C=O) groups is 1. The van der Waals surface area contributed by atoms with Crippen LogP contribution in [0.3, 0.4) is 0 Å². The minimum absolute atomic E-state index is 0.192. The summed E-state index contributed by atoms with van der Waals surface area (Å²) in [6, 6.07) is 0. The Labute approximate surface area is 109 Å². The van der Waals surface area contributed by atoms with E-state index in [2.05, 4.69) is 6.58 Å². The Kier molecular flexibility index (Phi) is 5.98. The van der Waals surface area contributed by atoms with Gasteiger partial charge in [-0.15, -0.1) is 0 Å². The van der Waals surface area contributed by atoms with E-state index in [-0.39, 0.29) is 5.57 Å². The monoisotopic (exact) mass is 280 g/mol. The van der Waals surface area contributed by atoms with E-state index in [1.165, 1.54) is 6.92 Å². The number of rotatable bonds is 7. The fourth-order valence-electron chi connectivity index (χ4n) is 1.29. The summed E-state index contributed by atoms with van der Waals surface area (Å²) < 4.78 is 36.2. The van der Waals surface area contributed by atoms with Gasteiger partial charge in [-0.2, -0.15) is 8.42 Å². The fraction of sp³-hybridized carbons (Fsp3) is 0.727. The minimum atomic E-state index is -4.19. The maximum Gasteiger partial charge on any atom is 0.333 e. The average Bonchev–Trinajstić information content (AvgIpc) is 2.13. The van der Waals surface area contributed by atoms with Crippen molar-refractivity contribution in [3.05, 3.63) is 12.2 Å². The maximum atomic E-state index is 11.4. The summed E-state index contributed by atoms with van der Waals surface area (Å²) in [6.07, 6.45) is -0.890. The second-order valence-corrected chi connectivity index (χ2v) is 6.49. The largest absolute Gasteiger partial charge is 0.452 e. The van der Waals surface area contributed by atoms with Crippen molar-refractivity contribution in [3.63, 3.8) is 0 Å². The number of likely N-dealkylation sites (N-methyl/N-ethyl adjacent to an activating group) is 1. The predicted octanol–water partition coefficient (Wildman–Crippen LogP) is 0.458. The third-order valence-corrected chi connectivity index (χ3v) is 3.37. The highest BCUT2D eigenvalue weighted by Crippen LogP contribution is 2.08. The van der Waals surface area contributed by atoms with Crippen LogP contribution in [0, 0.1) is 0 Å². The maximum absolute atomic E-state index is 11.4. The Hall–Kier alpha value is -0.920. The van der Waals surface area contributed by atoms with Crippen LogP contribution >= 0.6 is 0 Å². The second kappa shape index (κ2) is 6.31. The molecule has 0 heterocycles. The Morgan fingerprint density at radius 3 is 2.28 bits per heavy atom. The van der Waals surface area contributed by atoms with E-state index in [1.807, 2.05) is 21.0 Å². The molecule has 0 aliphatic heterocycles. The van der Waals surface area contributed by atoms with Gasteiger partial charge < -0.3 is 9.22 Å². The van der Waals surface area contributed by atoms with Gasteiger partial charge in [0, 0.05) is 5.57 Å². The summed E-state index contributed by atoms with van der Waals surface area (Å²) in [4.78, 5) is 11.4. The Morgan fingerprint density at radius 1 is 1.44 bits per heavy atom. The van der Waals surface area contributed by atoms with Crippen LogP contribution in [0.4, 0.5) is 0 Å². The van der Waals surface area contributed by atoms with Crippen molar-refractivity contribution < 1.29 is 27.0 Å². The minimum Gasteiger partial charge on any atom is -0.452 e. The van der Waals surface area contributed by atoms with Crippen molar-refractivity contribution in [1.82, 2.24) is 0 Å². The summed E-state index contributed by atoms with van der Waals surface area (Å²) >= 11 is 0. The molecule has 0 saturated carbocycles. The zero-order chi connectivity index (χ0) is 14.6. The van der Waals surface area contributed by atoms with E-state index < -0.39 is 27.9 Å². The molecule has 0 bridgehead atoms. The molecule has 6 nitrogen and oxygen atoms in total. The molecule has 0 aromatic heterocycles. The van der Waals surface area contributed by atoms with E-state index in [0.29, 0.717) is 11.0 Å². The molecule has 0 aliphatic rings. The summed E-state index contributed by atoms with van der Waals surface area (Å²) in [7, 11) is -0.431. The molecule has 0 spiro atoms. The van der Waals surface area contributed by atoms with Crippen LogP contribution in [-0.2, 0) is 19.6 Å². The molecule has 106 valence electrons. The lowest BCUT2D eigenvalue weighted by Crippen LogP contribution is -2.48. The molecule has 0 saturated heterocycles. The van der Waals surface area contributed by atoms with E-state index in [1.54, 1.807) is 0 Å². The molecule has 1 unspecified atom stereocenters. The zero-order valence-electron chi connectivity index (χ0n) is 11.3. The van der Waals surface area contributed by atoms with Gasteiger partial charge in [-0.3, -0.25) is 4.55 Å². The first-order chi connectivity index (χ1) is 7.97. The molecule has 18 heavy (non-hydrogen) atoms. The average molecular weight is 280 g/mol. The summed E-state index contributed by atoms with van der Waals surface area (Å²) in [5.74, 6) is -1.26. The van der Waals surface area contributed by atoms with Crippen LogP contribution in [0.1, 0.15) is 13.8 Å². The van der Waals surface area contributed by atoms with E-state index in [4.69, 9.17) is 9.29 Å². The SMILES string of the molecule is C=C(C)C(=O)OC(C[N+](C)(C)CC)CS(=O)(=O)O. The van der Waals surface area contributed by atoms with Crippen LogP contribution in [0.5, 0.6) is 0 Å². The fourth-order valence-corrected chi connectivity index (χ4v) is 1.93. The van der Waals surface area contributed by atoms with Crippen molar-refractivity contribution in [2.75, 3.05) is 32.9 Å². The van der Waals surface area contributed by atoms with Gasteiger partial charge in [-0.25, -0.2) is 4.79 Å². The van der Waals surface area contributed by atoms with Crippen LogP contribution in [0.15, 0.2) is 12.2 Å². The van der Waals surface area contributed by atoms with E-state index in [9.17, 15) is 13.2 Å². The number of ether oxygens (including phenoxy) is 1. The molecular formula is C11H22NO5S+. The van der Waals surface area contributed by atoms with Gasteiger partial charge >= 0.3 is 5.97 Å². The summed E-state index contributed by atoms with van der Waals surface area (Å²) in [6.45, 7) is 7.89. The lowest BCUT2D eigenvalue weighted by Gasteiger charge is -2.31. The molecule has 0 aromatic rings. The molecule has 0 amide bonds. The first-order valence-electron chi connectivity index (χ1n) is 5.60. The molecule has 0 aliphatic carbocycles. The molecule has 0 rings (SSSR count). The predicted molar refractivity (Wildman–Crippen MR) is 68.6 cm³/mol. The lowest BCUT2D eigenvalue weighted by atomic mass is 10.3. The molecule has 1 atom stereocenters. The van der Waals surface area contributed by atoms with Crippen LogP contribution in [-0.4, -0.2) is 62.5 Å². The highest BCUT2D eigenvalue weighted by atomic mass is 32.2. The van der Waals surface area contributed by atoms with Gasteiger partial charge in [-0.05, 0) is 13.8 Å². The molecule has 1 N–H and O–H groups in total. The summed E-state index contributed by atoms with van der Waals surface area (Å²) in [5.41, 5.74) is 0.192. The first-order valence-corrected chi connectivity index (χ1v) is 7.21. The number of carbonyl (C=O) groups excluding carboxylic acids is 1. The highest BCUT2D eigenvalue weighted by molar-refractivity contribution is 7.85. The topological polar surface area (TPSA) is 80.7 Å². The Balaban J connectivity index is 4.84.